The summed E-state index contributed by atoms with van der Waals surface area (Å²) in [5, 5.41) is 13.9. The van der Waals surface area contributed by atoms with Crippen LogP contribution in [0, 0.1) is 0 Å². The van der Waals surface area contributed by atoms with E-state index in [1.165, 1.54) is 11.3 Å². The number of rotatable bonds is 5. The number of carbonyl (C=O) groups is 4. The van der Waals surface area contributed by atoms with Gasteiger partial charge in [0.25, 0.3) is 5.91 Å². The number of thiazole rings is 1. The molecule has 0 radical (unpaired) electrons. The Bertz CT molecular complexity index is 1120. The molecular weight excluding hydrogens is 506 g/mol. The molecule has 4 rings (SSSR count). The van der Waals surface area contributed by atoms with Crippen molar-refractivity contribution in [3.63, 3.8) is 0 Å². The van der Waals surface area contributed by atoms with Gasteiger partial charge in [-0.05, 0) is 50.5 Å². The summed E-state index contributed by atoms with van der Waals surface area (Å²) < 4.78 is 5.47. The van der Waals surface area contributed by atoms with Crippen molar-refractivity contribution in [3.8, 4) is 0 Å². The molecule has 1 aromatic carbocycles. The second-order valence-electron chi connectivity index (χ2n) is 9.61. The molecule has 1 aromatic heterocycles. The first kappa shape index (κ1) is 27.7. The molecule has 0 spiro atoms. The molecular formula is C27H35N5O5S. The molecule has 2 bridgehead atoms. The predicted octanol–water partition coefficient (Wildman–Crippen LogP) is 2.02. The molecule has 1 fully saturated rings. The van der Waals surface area contributed by atoms with E-state index < -0.39 is 30.1 Å². The molecule has 2 aliphatic rings. The van der Waals surface area contributed by atoms with Crippen LogP contribution in [0.5, 0.6) is 0 Å². The van der Waals surface area contributed by atoms with Gasteiger partial charge >= 0.3 is 0 Å². The van der Waals surface area contributed by atoms with Crippen LogP contribution in [0.2, 0.25) is 0 Å². The van der Waals surface area contributed by atoms with E-state index in [2.05, 4.69) is 26.3 Å². The topological polar surface area (TPSA) is 139 Å². The molecule has 4 amide bonds. The van der Waals surface area contributed by atoms with E-state index in [0.29, 0.717) is 62.4 Å². The first-order valence-corrected chi connectivity index (χ1v) is 14.1. The third kappa shape index (κ3) is 7.38. The molecule has 38 heavy (non-hydrogen) atoms. The van der Waals surface area contributed by atoms with E-state index in [-0.39, 0.29) is 17.7 Å². The third-order valence-electron chi connectivity index (χ3n) is 6.75. The summed E-state index contributed by atoms with van der Waals surface area (Å²) in [4.78, 5) is 56.5. The maximum Gasteiger partial charge on any atom is 0.270 e. The number of nitrogens with one attached hydrogen (secondary N) is 4. The smallest absolute Gasteiger partial charge is 0.270 e. The number of fused-ring (bicyclic) bond motifs is 2. The Labute approximate surface area is 226 Å². The maximum atomic E-state index is 13.4. The number of hydrogen-bond donors (Lipinski definition) is 4. The first-order chi connectivity index (χ1) is 18.4. The van der Waals surface area contributed by atoms with Gasteiger partial charge in [0, 0.05) is 18.5 Å². The fourth-order valence-electron chi connectivity index (χ4n) is 4.58. The third-order valence-corrected chi connectivity index (χ3v) is 7.71. The van der Waals surface area contributed by atoms with Crippen molar-refractivity contribution in [1.29, 1.82) is 0 Å². The van der Waals surface area contributed by atoms with E-state index in [0.717, 1.165) is 12.0 Å². The summed E-state index contributed by atoms with van der Waals surface area (Å²) in [6.45, 7) is 2.76. The minimum absolute atomic E-state index is 0.281. The molecule has 204 valence electrons. The standard InChI is InChI=1S/C27H35N5O5S/c1-2-18-24(34)31-20(15-17-9-4-3-5-10-17)27-32-21(16-38-27)23(33)28-13-7-6-11-19(25(35)29-18)30-26(36)22-12-8-14-37-22/h3-5,9-10,16,18-20,22H,2,6-8,11-15H2,1H3,(H,28,33)(H,29,35)(H,30,36)(H,31,34)/t18-,19+,20+,22+/m1/s1. The molecule has 3 heterocycles. The van der Waals surface area contributed by atoms with Gasteiger partial charge in [-0.15, -0.1) is 11.3 Å². The molecule has 2 aliphatic heterocycles. The van der Waals surface area contributed by atoms with Crippen LogP contribution in [-0.2, 0) is 25.5 Å². The number of ether oxygens (including phenoxy) is 1. The van der Waals surface area contributed by atoms with E-state index in [1.54, 1.807) is 5.38 Å². The summed E-state index contributed by atoms with van der Waals surface area (Å²) in [6.07, 6.45) is 3.29. The Morgan fingerprint density at radius 1 is 1.05 bits per heavy atom. The van der Waals surface area contributed by atoms with Crippen LogP contribution in [0.15, 0.2) is 35.7 Å². The molecule has 10 nitrogen and oxygen atoms in total. The summed E-state index contributed by atoms with van der Waals surface area (Å²) >= 11 is 1.32. The fourth-order valence-corrected chi connectivity index (χ4v) is 5.43. The lowest BCUT2D eigenvalue weighted by atomic mass is 10.0. The van der Waals surface area contributed by atoms with Crippen molar-refractivity contribution >= 4 is 35.0 Å². The average molecular weight is 542 g/mol. The van der Waals surface area contributed by atoms with E-state index in [4.69, 9.17) is 4.74 Å². The zero-order chi connectivity index (χ0) is 26.9. The van der Waals surface area contributed by atoms with Gasteiger partial charge in [0.05, 0.1) is 6.04 Å². The molecule has 0 saturated carbocycles. The Kier molecular flexibility index (Phi) is 9.83. The average Bonchev–Trinajstić information content (AvgIpc) is 3.63. The molecule has 11 heteroatoms. The second-order valence-corrected chi connectivity index (χ2v) is 10.5. The Hall–Kier alpha value is -3.31. The number of carbonyl (C=O) groups excluding carboxylic acids is 4. The normalized spacial score (nSPS) is 25.2. The van der Waals surface area contributed by atoms with E-state index in [9.17, 15) is 19.2 Å². The number of nitrogens with zero attached hydrogens (tertiary/aromatic N) is 1. The summed E-state index contributed by atoms with van der Waals surface area (Å²) in [5.41, 5.74) is 1.31. The lowest BCUT2D eigenvalue weighted by molar-refractivity contribution is -0.135. The van der Waals surface area contributed by atoms with Gasteiger partial charge in [0.2, 0.25) is 17.7 Å². The monoisotopic (exact) mass is 541 g/mol. The van der Waals surface area contributed by atoms with Crippen molar-refractivity contribution in [2.24, 2.45) is 0 Å². The SMILES string of the molecule is CC[C@H]1NC(=O)[C@@H](NC(=O)[C@@H]2CCCO2)CCCCNC(=O)c2csc(n2)[C@H](Cc2ccccc2)NC1=O. The quantitative estimate of drug-likeness (QED) is 0.457. The predicted molar refractivity (Wildman–Crippen MR) is 142 cm³/mol. The van der Waals surface area contributed by atoms with Gasteiger partial charge in [-0.3, -0.25) is 19.2 Å². The summed E-state index contributed by atoms with van der Waals surface area (Å²) in [7, 11) is 0. The molecule has 4 N–H and O–H groups in total. The van der Waals surface area contributed by atoms with Crippen molar-refractivity contribution in [3.05, 3.63) is 52.0 Å². The van der Waals surface area contributed by atoms with Crippen LogP contribution in [0.3, 0.4) is 0 Å². The summed E-state index contributed by atoms with van der Waals surface area (Å²) in [5.74, 6) is -1.36. The van der Waals surface area contributed by atoms with Gasteiger partial charge < -0.3 is 26.0 Å². The van der Waals surface area contributed by atoms with Crippen LogP contribution in [-0.4, -0.2) is 60.0 Å². The number of hydrogen-bond acceptors (Lipinski definition) is 7. The van der Waals surface area contributed by atoms with Gasteiger partial charge in [-0.25, -0.2) is 4.98 Å². The minimum Gasteiger partial charge on any atom is -0.368 e. The largest absolute Gasteiger partial charge is 0.368 e. The van der Waals surface area contributed by atoms with Gasteiger partial charge in [-0.1, -0.05) is 37.3 Å². The van der Waals surface area contributed by atoms with Crippen LogP contribution in [0.4, 0.5) is 0 Å². The fraction of sp³-hybridized carbons (Fsp3) is 0.519. The molecule has 1 saturated heterocycles. The van der Waals surface area contributed by atoms with Crippen molar-refractivity contribution < 1.29 is 23.9 Å². The van der Waals surface area contributed by atoms with Gasteiger partial charge in [0.15, 0.2) is 0 Å². The molecule has 4 atom stereocenters. The van der Waals surface area contributed by atoms with Crippen LogP contribution in [0.25, 0.3) is 0 Å². The lowest BCUT2D eigenvalue weighted by Crippen LogP contribution is -2.55. The van der Waals surface area contributed by atoms with Crippen molar-refractivity contribution in [1.82, 2.24) is 26.3 Å². The Morgan fingerprint density at radius 3 is 2.58 bits per heavy atom. The highest BCUT2D eigenvalue weighted by molar-refractivity contribution is 7.09. The Morgan fingerprint density at radius 2 is 1.84 bits per heavy atom. The summed E-state index contributed by atoms with van der Waals surface area (Å²) in [6, 6.07) is 7.62. The number of benzene rings is 1. The minimum atomic E-state index is -0.809. The van der Waals surface area contributed by atoms with Crippen molar-refractivity contribution in [2.45, 2.75) is 76.1 Å². The van der Waals surface area contributed by atoms with Crippen LogP contribution < -0.4 is 21.3 Å². The zero-order valence-corrected chi connectivity index (χ0v) is 22.4. The van der Waals surface area contributed by atoms with Crippen LogP contribution in [0.1, 0.15) is 72.6 Å². The van der Waals surface area contributed by atoms with E-state index in [1.807, 2.05) is 37.3 Å². The molecule has 0 aliphatic carbocycles. The molecule has 2 aromatic rings. The highest BCUT2D eigenvalue weighted by Crippen LogP contribution is 2.23. The van der Waals surface area contributed by atoms with E-state index >= 15 is 0 Å². The Balaban J connectivity index is 1.55. The molecule has 0 unspecified atom stereocenters. The second kappa shape index (κ2) is 13.5. The van der Waals surface area contributed by atoms with Crippen LogP contribution >= 0.6 is 11.3 Å². The highest BCUT2D eigenvalue weighted by Gasteiger charge is 2.31. The number of amides is 4. The van der Waals surface area contributed by atoms with Gasteiger partial charge in [-0.2, -0.15) is 0 Å². The lowest BCUT2D eigenvalue weighted by Gasteiger charge is -2.25. The highest BCUT2D eigenvalue weighted by atomic mass is 32.1. The zero-order valence-electron chi connectivity index (χ0n) is 21.5. The van der Waals surface area contributed by atoms with Gasteiger partial charge in [0.1, 0.15) is 28.9 Å². The number of aromatic nitrogens is 1. The van der Waals surface area contributed by atoms with Crippen molar-refractivity contribution in [2.75, 3.05) is 13.2 Å². The maximum absolute atomic E-state index is 13.4. The first-order valence-electron chi connectivity index (χ1n) is 13.2.